The fourth-order valence-corrected chi connectivity index (χ4v) is 2.16. The summed E-state index contributed by atoms with van der Waals surface area (Å²) in [4.78, 5) is 2.08. The van der Waals surface area contributed by atoms with Crippen molar-refractivity contribution in [2.45, 2.75) is 6.54 Å². The van der Waals surface area contributed by atoms with Gasteiger partial charge >= 0.3 is 0 Å². The first kappa shape index (κ1) is 16.1. The third kappa shape index (κ3) is 4.63. The van der Waals surface area contributed by atoms with Gasteiger partial charge in [-0.25, -0.2) is 0 Å². The van der Waals surface area contributed by atoms with Gasteiger partial charge in [0.15, 0.2) is 5.11 Å². The zero-order valence-electron chi connectivity index (χ0n) is 13.1. The predicted octanol–water partition coefficient (Wildman–Crippen LogP) is 3.25. The van der Waals surface area contributed by atoms with Crippen molar-refractivity contribution in [3.8, 4) is 5.75 Å². The number of anilines is 2. The number of thiocarbonyl (C=S) groups is 1. The summed E-state index contributed by atoms with van der Waals surface area (Å²) in [5, 5.41) is 6.94. The minimum Gasteiger partial charge on any atom is -0.497 e. The highest BCUT2D eigenvalue weighted by molar-refractivity contribution is 7.80. The van der Waals surface area contributed by atoms with Gasteiger partial charge in [0.2, 0.25) is 0 Å². The van der Waals surface area contributed by atoms with Crippen LogP contribution in [0.4, 0.5) is 11.4 Å². The first-order valence-electron chi connectivity index (χ1n) is 7.03. The average Bonchev–Trinajstić information content (AvgIpc) is 2.53. The smallest absolute Gasteiger partial charge is 0.171 e. The van der Waals surface area contributed by atoms with Gasteiger partial charge in [-0.2, -0.15) is 0 Å². The maximum Gasteiger partial charge on any atom is 0.171 e. The standard InChI is InChI=1S/C17H21N3OS/c1-20(2)15-9-7-13(8-10-15)12-18-17(22)19-14-5-4-6-16(11-14)21-3/h4-11H,12H2,1-3H3,(H2,18,19,22). The molecule has 0 heterocycles. The molecule has 0 atom stereocenters. The molecular weight excluding hydrogens is 294 g/mol. The lowest BCUT2D eigenvalue weighted by Gasteiger charge is -2.14. The highest BCUT2D eigenvalue weighted by atomic mass is 32.1. The summed E-state index contributed by atoms with van der Waals surface area (Å²) in [5.41, 5.74) is 3.26. The van der Waals surface area contributed by atoms with Gasteiger partial charge in [0.25, 0.3) is 0 Å². The first-order valence-corrected chi connectivity index (χ1v) is 7.44. The summed E-state index contributed by atoms with van der Waals surface area (Å²) in [6.07, 6.45) is 0. The van der Waals surface area contributed by atoms with E-state index in [9.17, 15) is 0 Å². The van der Waals surface area contributed by atoms with E-state index >= 15 is 0 Å². The van der Waals surface area contributed by atoms with E-state index in [1.165, 1.54) is 11.3 Å². The summed E-state index contributed by atoms with van der Waals surface area (Å²) in [5.74, 6) is 0.798. The number of hydrogen-bond donors (Lipinski definition) is 2. The minimum atomic E-state index is 0.588. The van der Waals surface area contributed by atoms with Crippen LogP contribution in [0.2, 0.25) is 0 Å². The van der Waals surface area contributed by atoms with Crippen molar-refractivity contribution in [1.29, 1.82) is 0 Å². The molecule has 22 heavy (non-hydrogen) atoms. The zero-order valence-corrected chi connectivity index (χ0v) is 13.9. The van der Waals surface area contributed by atoms with Crippen LogP contribution in [-0.2, 0) is 6.54 Å². The van der Waals surface area contributed by atoms with E-state index in [1.807, 2.05) is 38.4 Å². The van der Waals surface area contributed by atoms with Gasteiger partial charge in [-0.3, -0.25) is 0 Å². The van der Waals surface area contributed by atoms with Crippen LogP contribution in [0.25, 0.3) is 0 Å². The topological polar surface area (TPSA) is 36.5 Å². The Morgan fingerprint density at radius 2 is 1.86 bits per heavy atom. The van der Waals surface area contributed by atoms with E-state index in [0.29, 0.717) is 11.7 Å². The van der Waals surface area contributed by atoms with Crippen molar-refractivity contribution < 1.29 is 4.74 Å². The lowest BCUT2D eigenvalue weighted by molar-refractivity contribution is 0.415. The van der Waals surface area contributed by atoms with Crippen molar-refractivity contribution in [2.75, 3.05) is 31.4 Å². The molecule has 0 bridgehead atoms. The predicted molar refractivity (Wildman–Crippen MR) is 96.8 cm³/mol. The molecule has 0 aromatic heterocycles. The molecule has 0 aliphatic rings. The number of hydrogen-bond acceptors (Lipinski definition) is 3. The number of benzene rings is 2. The van der Waals surface area contributed by atoms with Crippen molar-refractivity contribution in [3.05, 3.63) is 54.1 Å². The van der Waals surface area contributed by atoms with Gasteiger partial charge in [-0.05, 0) is 42.0 Å². The molecule has 0 saturated carbocycles. The average molecular weight is 315 g/mol. The molecule has 2 aromatic carbocycles. The molecule has 2 aromatic rings. The molecule has 0 aliphatic heterocycles. The van der Waals surface area contributed by atoms with E-state index < -0.39 is 0 Å². The summed E-state index contributed by atoms with van der Waals surface area (Å²) >= 11 is 5.31. The van der Waals surface area contributed by atoms with Crippen LogP contribution >= 0.6 is 12.2 Å². The highest BCUT2D eigenvalue weighted by Gasteiger charge is 2.00. The summed E-state index contributed by atoms with van der Waals surface area (Å²) in [6.45, 7) is 0.684. The number of rotatable bonds is 5. The van der Waals surface area contributed by atoms with Crippen molar-refractivity contribution in [3.63, 3.8) is 0 Å². The Labute approximate surface area is 137 Å². The van der Waals surface area contributed by atoms with Crippen LogP contribution < -0.4 is 20.3 Å². The largest absolute Gasteiger partial charge is 0.497 e. The molecule has 2 N–H and O–H groups in total. The summed E-state index contributed by atoms with van der Waals surface area (Å²) < 4.78 is 5.19. The van der Waals surface area contributed by atoms with Gasteiger partial charge < -0.3 is 20.3 Å². The van der Waals surface area contributed by atoms with Crippen LogP contribution in [0.1, 0.15) is 5.56 Å². The number of nitrogens with one attached hydrogen (secondary N) is 2. The molecule has 0 fully saturated rings. The molecule has 5 heteroatoms. The highest BCUT2D eigenvalue weighted by Crippen LogP contribution is 2.16. The van der Waals surface area contributed by atoms with Crippen molar-refractivity contribution in [1.82, 2.24) is 5.32 Å². The molecule has 4 nitrogen and oxygen atoms in total. The number of ether oxygens (including phenoxy) is 1. The minimum absolute atomic E-state index is 0.588. The van der Waals surface area contributed by atoms with Gasteiger partial charge in [0.1, 0.15) is 5.75 Å². The van der Waals surface area contributed by atoms with Gasteiger partial charge in [0.05, 0.1) is 7.11 Å². The third-order valence-electron chi connectivity index (χ3n) is 3.23. The second-order valence-corrected chi connectivity index (χ2v) is 5.51. The molecule has 0 spiro atoms. The third-order valence-corrected chi connectivity index (χ3v) is 3.48. The lowest BCUT2D eigenvalue weighted by atomic mass is 10.2. The number of nitrogens with zero attached hydrogens (tertiary/aromatic N) is 1. The normalized spacial score (nSPS) is 9.95. The van der Waals surface area contributed by atoms with Crippen molar-refractivity contribution in [2.24, 2.45) is 0 Å². The Kier molecular flexibility index (Phi) is 5.61. The second-order valence-electron chi connectivity index (χ2n) is 5.10. The van der Waals surface area contributed by atoms with E-state index in [0.717, 1.165) is 11.4 Å². The molecule has 0 unspecified atom stereocenters. The lowest BCUT2D eigenvalue weighted by Crippen LogP contribution is -2.27. The molecule has 0 saturated heterocycles. The van der Waals surface area contributed by atoms with Gasteiger partial charge in [0, 0.05) is 38.1 Å². The first-order chi connectivity index (χ1) is 10.6. The molecule has 0 radical (unpaired) electrons. The fraction of sp³-hybridized carbons (Fsp3) is 0.235. The quantitative estimate of drug-likeness (QED) is 0.828. The Hall–Kier alpha value is -2.27. The number of methoxy groups -OCH3 is 1. The van der Waals surface area contributed by atoms with E-state index in [4.69, 9.17) is 17.0 Å². The van der Waals surface area contributed by atoms with Gasteiger partial charge in [-0.1, -0.05) is 18.2 Å². The Morgan fingerprint density at radius 3 is 2.50 bits per heavy atom. The Balaban J connectivity index is 1.87. The van der Waals surface area contributed by atoms with Crippen LogP contribution in [0.3, 0.4) is 0 Å². The fourth-order valence-electron chi connectivity index (χ4n) is 1.97. The maximum atomic E-state index is 5.31. The van der Waals surface area contributed by atoms with Crippen LogP contribution in [0, 0.1) is 0 Å². The Bertz CT molecular complexity index is 626. The van der Waals surface area contributed by atoms with Crippen molar-refractivity contribution >= 4 is 28.7 Å². The van der Waals surface area contributed by atoms with Crippen LogP contribution in [-0.4, -0.2) is 26.3 Å². The van der Waals surface area contributed by atoms with E-state index in [2.05, 4.69) is 39.8 Å². The molecule has 0 amide bonds. The van der Waals surface area contributed by atoms with Gasteiger partial charge in [-0.15, -0.1) is 0 Å². The molecular formula is C17H21N3OS. The van der Waals surface area contributed by atoms with E-state index in [-0.39, 0.29) is 0 Å². The molecule has 2 rings (SSSR count). The molecule has 116 valence electrons. The monoisotopic (exact) mass is 315 g/mol. The maximum absolute atomic E-state index is 5.31. The SMILES string of the molecule is COc1cccc(NC(=S)NCc2ccc(N(C)C)cc2)c1. The summed E-state index contributed by atoms with van der Waals surface area (Å²) in [7, 11) is 5.70. The Morgan fingerprint density at radius 1 is 1.14 bits per heavy atom. The van der Waals surface area contributed by atoms with Crippen LogP contribution in [0.15, 0.2) is 48.5 Å². The van der Waals surface area contributed by atoms with Crippen LogP contribution in [0.5, 0.6) is 5.75 Å². The molecule has 0 aliphatic carbocycles. The second kappa shape index (κ2) is 7.66. The zero-order chi connectivity index (χ0) is 15.9. The van der Waals surface area contributed by atoms with E-state index in [1.54, 1.807) is 7.11 Å². The summed E-state index contributed by atoms with van der Waals surface area (Å²) in [6, 6.07) is 16.0.